The first-order chi connectivity index (χ1) is 16.7. The van der Waals surface area contributed by atoms with E-state index in [0.717, 1.165) is 48.9 Å². The van der Waals surface area contributed by atoms with Crippen molar-refractivity contribution < 1.29 is 4.79 Å². The van der Waals surface area contributed by atoms with E-state index in [4.69, 9.17) is 11.0 Å². The van der Waals surface area contributed by atoms with Crippen LogP contribution in [-0.4, -0.2) is 38.9 Å². The second kappa shape index (κ2) is 8.86. The number of nitrogens with zero attached hydrogens (tertiary/aromatic N) is 3. The van der Waals surface area contributed by atoms with Crippen molar-refractivity contribution in [3.05, 3.63) is 53.1 Å². The fourth-order valence-corrected chi connectivity index (χ4v) is 6.09. The minimum Gasteiger partial charge on any atom is -0.326 e. The highest BCUT2D eigenvalue weighted by molar-refractivity contribution is 6.03. The van der Waals surface area contributed by atoms with E-state index < -0.39 is 5.54 Å². The summed E-state index contributed by atoms with van der Waals surface area (Å²) >= 11 is 0. The van der Waals surface area contributed by atoms with Crippen LogP contribution in [0.4, 0.5) is 5.69 Å². The molecule has 192 valence electrons. The average molecular weight is 489 g/mol. The van der Waals surface area contributed by atoms with Crippen LogP contribution in [0.1, 0.15) is 101 Å². The van der Waals surface area contributed by atoms with E-state index in [9.17, 15) is 4.79 Å². The molecule has 1 amide bonds. The molecule has 1 aliphatic carbocycles. The van der Waals surface area contributed by atoms with Gasteiger partial charge in [-0.3, -0.25) is 9.69 Å². The number of carbonyl (C=O) groups excluding carboxylic acids is 1. The Labute approximate surface area is 215 Å². The van der Waals surface area contributed by atoms with Gasteiger partial charge in [0.05, 0.1) is 6.20 Å². The van der Waals surface area contributed by atoms with E-state index in [2.05, 4.69) is 87.0 Å². The molecule has 7 heteroatoms. The smallest absolute Gasteiger partial charge is 0.291 e. The molecule has 2 aromatic rings. The molecular weight excluding hydrogens is 448 g/mol. The van der Waals surface area contributed by atoms with E-state index in [1.165, 1.54) is 11.8 Å². The van der Waals surface area contributed by atoms with Gasteiger partial charge >= 0.3 is 0 Å². The highest BCUT2D eigenvalue weighted by Gasteiger charge is 2.49. The van der Waals surface area contributed by atoms with Crippen LogP contribution in [0.5, 0.6) is 0 Å². The van der Waals surface area contributed by atoms with Gasteiger partial charge in [0, 0.05) is 27.9 Å². The Morgan fingerprint density at radius 1 is 1.17 bits per heavy atom. The molecule has 4 N–H and O–H groups in total. The number of rotatable bonds is 4. The summed E-state index contributed by atoms with van der Waals surface area (Å²) in [7, 11) is 2.19. The fraction of sp³-hybridized carbons (Fsp3) is 0.552. The van der Waals surface area contributed by atoms with Gasteiger partial charge in [-0.1, -0.05) is 26.0 Å². The normalized spacial score (nSPS) is 22.4. The van der Waals surface area contributed by atoms with E-state index in [1.54, 1.807) is 0 Å². The van der Waals surface area contributed by atoms with E-state index in [1.807, 2.05) is 12.1 Å². The number of nitrogens with one attached hydrogen (secondary N) is 2. The van der Waals surface area contributed by atoms with Gasteiger partial charge in [-0.15, -0.1) is 0 Å². The first-order valence-electron chi connectivity index (χ1n) is 12.8. The number of aromatic amines is 1. The van der Waals surface area contributed by atoms with Gasteiger partial charge in [-0.05, 0) is 95.5 Å². The van der Waals surface area contributed by atoms with Crippen molar-refractivity contribution in [2.24, 2.45) is 11.1 Å². The number of benzene rings is 1. The summed E-state index contributed by atoms with van der Waals surface area (Å²) in [4.78, 5) is 22.2. The second-order valence-corrected chi connectivity index (χ2v) is 12.8. The van der Waals surface area contributed by atoms with Crippen molar-refractivity contribution in [3.63, 3.8) is 0 Å². The molecule has 0 atom stereocenters. The lowest BCUT2D eigenvalue weighted by Gasteiger charge is -2.57. The van der Waals surface area contributed by atoms with Crippen LogP contribution in [0.25, 0.3) is 5.57 Å². The SMILES string of the molecule is CN1C(C)(C)CC(N)(c2ccc(NC(=O)c3ncc(C#N)[nH]3)c(C3=CCC(C)(C)CC3)c2)CC1(C)C. The van der Waals surface area contributed by atoms with Crippen LogP contribution >= 0.6 is 0 Å². The largest absolute Gasteiger partial charge is 0.326 e. The number of aromatic nitrogens is 2. The Bertz CT molecular complexity index is 1220. The number of piperidine rings is 1. The molecule has 1 aliphatic heterocycles. The van der Waals surface area contributed by atoms with E-state index in [-0.39, 0.29) is 33.9 Å². The average Bonchev–Trinajstić information content (AvgIpc) is 3.27. The van der Waals surface area contributed by atoms with Crippen LogP contribution in [0.3, 0.4) is 0 Å². The third-order valence-electron chi connectivity index (χ3n) is 8.38. The molecule has 1 saturated heterocycles. The Morgan fingerprint density at radius 2 is 1.83 bits per heavy atom. The van der Waals surface area contributed by atoms with E-state index in [0.29, 0.717) is 0 Å². The van der Waals surface area contributed by atoms with Crippen molar-refractivity contribution in [2.75, 3.05) is 12.4 Å². The molecule has 4 rings (SSSR count). The van der Waals surface area contributed by atoms with Gasteiger partial charge < -0.3 is 16.0 Å². The van der Waals surface area contributed by atoms with Crippen molar-refractivity contribution in [2.45, 2.75) is 90.3 Å². The number of anilines is 1. The number of allylic oxidation sites excluding steroid dienone is 2. The molecule has 1 fully saturated rings. The molecule has 2 aliphatic rings. The van der Waals surface area contributed by atoms with Crippen LogP contribution in [0.15, 0.2) is 30.5 Å². The first-order valence-corrected chi connectivity index (χ1v) is 12.8. The standard InChI is InChI=1S/C29H40N6O/c1-26(2)12-10-19(11-13-26)22-14-20(29(31)17-27(3,4)35(7)28(5,6)18-29)8-9-23(22)34-25(36)24-32-16-21(15-30)33-24/h8-10,14,16H,11-13,17-18,31H2,1-7H3,(H,32,33)(H,34,36). The predicted molar refractivity (Wildman–Crippen MR) is 144 cm³/mol. The Morgan fingerprint density at radius 3 is 2.39 bits per heavy atom. The first kappa shape index (κ1) is 26.1. The zero-order chi connectivity index (χ0) is 26.5. The number of hydrogen-bond acceptors (Lipinski definition) is 5. The van der Waals surface area contributed by atoms with Crippen LogP contribution in [-0.2, 0) is 5.54 Å². The molecule has 0 spiro atoms. The van der Waals surface area contributed by atoms with Crippen molar-refractivity contribution >= 4 is 17.2 Å². The molecule has 1 aromatic heterocycles. The maximum absolute atomic E-state index is 13.0. The second-order valence-electron chi connectivity index (χ2n) is 12.8. The number of likely N-dealkylation sites (tertiary alicyclic amines) is 1. The molecule has 7 nitrogen and oxygen atoms in total. The number of nitriles is 1. The molecule has 0 unspecified atom stereocenters. The summed E-state index contributed by atoms with van der Waals surface area (Å²) < 4.78 is 0. The minimum absolute atomic E-state index is 0.0601. The lowest BCUT2D eigenvalue weighted by atomic mass is 9.66. The van der Waals surface area contributed by atoms with Gasteiger partial charge in [0.2, 0.25) is 0 Å². The number of nitrogens with two attached hydrogens (primary N) is 1. The topological polar surface area (TPSA) is 111 Å². The van der Waals surface area contributed by atoms with Gasteiger partial charge in [0.15, 0.2) is 5.82 Å². The summed E-state index contributed by atoms with van der Waals surface area (Å²) in [5.41, 5.74) is 11.2. The summed E-state index contributed by atoms with van der Waals surface area (Å²) in [5.74, 6) is -0.249. The third-order valence-corrected chi connectivity index (χ3v) is 8.38. The number of imidazole rings is 1. The maximum atomic E-state index is 13.0. The van der Waals surface area contributed by atoms with E-state index >= 15 is 0 Å². The highest BCUT2D eigenvalue weighted by atomic mass is 16.2. The fourth-order valence-electron chi connectivity index (χ4n) is 6.09. The monoisotopic (exact) mass is 488 g/mol. The molecule has 0 radical (unpaired) electrons. The predicted octanol–water partition coefficient (Wildman–Crippen LogP) is 5.56. The molecule has 2 heterocycles. The minimum atomic E-state index is -0.492. The zero-order valence-electron chi connectivity index (χ0n) is 22.7. The Hall–Kier alpha value is -2.95. The van der Waals surface area contributed by atoms with Gasteiger partial charge in [-0.25, -0.2) is 4.98 Å². The lowest BCUT2D eigenvalue weighted by Crippen LogP contribution is -2.65. The molecule has 36 heavy (non-hydrogen) atoms. The Balaban J connectivity index is 1.75. The van der Waals surface area contributed by atoms with Crippen LogP contribution in [0.2, 0.25) is 0 Å². The summed E-state index contributed by atoms with van der Waals surface area (Å²) in [6.45, 7) is 13.6. The quantitative estimate of drug-likeness (QED) is 0.521. The van der Waals surface area contributed by atoms with Crippen molar-refractivity contribution in [1.82, 2.24) is 14.9 Å². The summed E-state index contributed by atoms with van der Waals surface area (Å²) in [6, 6.07) is 8.21. The molecular formula is C29H40N6O. The molecule has 1 aromatic carbocycles. The maximum Gasteiger partial charge on any atom is 0.291 e. The molecule has 0 saturated carbocycles. The van der Waals surface area contributed by atoms with Crippen LogP contribution in [0, 0.1) is 16.7 Å². The van der Waals surface area contributed by atoms with Crippen molar-refractivity contribution in [1.29, 1.82) is 5.26 Å². The zero-order valence-corrected chi connectivity index (χ0v) is 22.7. The summed E-state index contributed by atoms with van der Waals surface area (Å²) in [5, 5.41) is 12.1. The van der Waals surface area contributed by atoms with Gasteiger partial charge in [0.1, 0.15) is 11.8 Å². The van der Waals surface area contributed by atoms with Crippen LogP contribution < -0.4 is 11.1 Å². The number of amides is 1. The van der Waals surface area contributed by atoms with Crippen molar-refractivity contribution in [3.8, 4) is 6.07 Å². The van der Waals surface area contributed by atoms with Gasteiger partial charge in [0.25, 0.3) is 5.91 Å². The summed E-state index contributed by atoms with van der Waals surface area (Å²) in [6.07, 6.45) is 8.36. The Kier molecular flexibility index (Phi) is 6.43. The van der Waals surface area contributed by atoms with Gasteiger partial charge in [-0.2, -0.15) is 5.26 Å². The number of H-pyrrole nitrogens is 1. The third kappa shape index (κ3) is 4.98. The number of carbonyl (C=O) groups is 1. The molecule has 0 bridgehead atoms. The number of hydrogen-bond donors (Lipinski definition) is 3. The lowest BCUT2D eigenvalue weighted by molar-refractivity contribution is -0.0418. The highest BCUT2D eigenvalue weighted by Crippen LogP contribution is 2.47.